The first-order valence-electron chi connectivity index (χ1n) is 4.65. The first kappa shape index (κ1) is 10.3. The van der Waals surface area contributed by atoms with Crippen LogP contribution in [0.1, 0.15) is 17.2 Å². The van der Waals surface area contributed by atoms with Gasteiger partial charge in [-0.1, -0.05) is 0 Å². The van der Waals surface area contributed by atoms with Crippen LogP contribution in [0, 0.1) is 11.6 Å². The van der Waals surface area contributed by atoms with Crippen molar-refractivity contribution < 1.29 is 18.6 Å². The highest BCUT2D eigenvalue weighted by molar-refractivity contribution is 5.43. The number of rotatable bonds is 2. The molecule has 0 fully saturated rings. The smallest absolute Gasteiger partial charge is 0.173 e. The van der Waals surface area contributed by atoms with E-state index in [9.17, 15) is 8.78 Å². The van der Waals surface area contributed by atoms with Gasteiger partial charge in [-0.15, -0.1) is 0 Å². The summed E-state index contributed by atoms with van der Waals surface area (Å²) in [4.78, 5) is 0. The molecule has 0 radical (unpaired) electrons. The standard InChI is InChI=1S/C10H11F2NO2/c11-6-3-5-1-2-15-10(5)9(12)8(6)7(13)4-14/h3,7,14H,1-2,4,13H2/t7-/m0/s1. The third-order valence-corrected chi connectivity index (χ3v) is 2.47. The van der Waals surface area contributed by atoms with Gasteiger partial charge in [0.05, 0.1) is 19.3 Å². The Kier molecular flexibility index (Phi) is 2.58. The SMILES string of the molecule is N[C@@H](CO)c1c(F)cc2c(c1F)OCC2. The lowest BCUT2D eigenvalue weighted by molar-refractivity contribution is 0.260. The Balaban J connectivity index is 2.56. The molecule has 15 heavy (non-hydrogen) atoms. The van der Waals surface area contributed by atoms with Gasteiger partial charge in [-0.25, -0.2) is 8.78 Å². The van der Waals surface area contributed by atoms with Crippen LogP contribution in [0.5, 0.6) is 5.75 Å². The van der Waals surface area contributed by atoms with E-state index in [-0.39, 0.29) is 11.3 Å². The Labute approximate surface area is 85.5 Å². The van der Waals surface area contributed by atoms with Crippen LogP contribution in [-0.2, 0) is 6.42 Å². The van der Waals surface area contributed by atoms with Crippen LogP contribution in [-0.4, -0.2) is 18.3 Å². The average Bonchev–Trinajstić information content (AvgIpc) is 2.65. The molecule has 3 nitrogen and oxygen atoms in total. The van der Waals surface area contributed by atoms with E-state index >= 15 is 0 Å². The van der Waals surface area contributed by atoms with E-state index in [4.69, 9.17) is 15.6 Å². The van der Waals surface area contributed by atoms with Gasteiger partial charge in [-0.05, 0) is 6.07 Å². The van der Waals surface area contributed by atoms with Crippen molar-refractivity contribution in [3.05, 3.63) is 28.8 Å². The maximum absolute atomic E-state index is 13.7. The van der Waals surface area contributed by atoms with Crippen LogP contribution >= 0.6 is 0 Å². The van der Waals surface area contributed by atoms with Crippen molar-refractivity contribution in [2.75, 3.05) is 13.2 Å². The minimum absolute atomic E-state index is 0.0651. The van der Waals surface area contributed by atoms with E-state index in [0.717, 1.165) is 0 Å². The topological polar surface area (TPSA) is 55.5 Å². The first-order chi connectivity index (χ1) is 7.15. The zero-order chi connectivity index (χ0) is 11.0. The zero-order valence-electron chi connectivity index (χ0n) is 7.96. The molecule has 1 aliphatic heterocycles. The molecule has 1 heterocycles. The lowest BCUT2D eigenvalue weighted by Gasteiger charge is -2.13. The second kappa shape index (κ2) is 3.75. The molecule has 0 unspecified atom stereocenters. The normalized spacial score (nSPS) is 16.0. The van der Waals surface area contributed by atoms with E-state index in [2.05, 4.69) is 0 Å². The minimum atomic E-state index is -1.06. The number of aliphatic hydroxyl groups is 1. The van der Waals surface area contributed by atoms with E-state index < -0.39 is 24.3 Å². The highest BCUT2D eigenvalue weighted by Gasteiger charge is 2.26. The van der Waals surface area contributed by atoms with Crippen molar-refractivity contribution in [3.8, 4) is 5.75 Å². The largest absolute Gasteiger partial charge is 0.490 e. The molecule has 1 aromatic rings. The lowest BCUT2D eigenvalue weighted by Crippen LogP contribution is -2.18. The maximum Gasteiger partial charge on any atom is 0.173 e. The van der Waals surface area contributed by atoms with Gasteiger partial charge in [-0.2, -0.15) is 0 Å². The van der Waals surface area contributed by atoms with Crippen molar-refractivity contribution in [2.45, 2.75) is 12.5 Å². The van der Waals surface area contributed by atoms with Gasteiger partial charge in [0.25, 0.3) is 0 Å². The van der Waals surface area contributed by atoms with Crippen molar-refractivity contribution in [2.24, 2.45) is 5.73 Å². The minimum Gasteiger partial charge on any atom is -0.490 e. The third-order valence-electron chi connectivity index (χ3n) is 2.47. The summed E-state index contributed by atoms with van der Waals surface area (Å²) in [6.07, 6.45) is 0.498. The number of hydrogen-bond donors (Lipinski definition) is 2. The monoisotopic (exact) mass is 215 g/mol. The van der Waals surface area contributed by atoms with E-state index in [1.165, 1.54) is 6.07 Å². The van der Waals surface area contributed by atoms with Crippen LogP contribution in [0.15, 0.2) is 6.07 Å². The Bertz CT molecular complexity index is 395. The Hall–Kier alpha value is -1.20. The third kappa shape index (κ3) is 1.57. The molecular formula is C10H11F2NO2. The summed E-state index contributed by atoms with van der Waals surface area (Å²) in [6.45, 7) is -0.157. The molecule has 1 atom stereocenters. The van der Waals surface area contributed by atoms with Crippen molar-refractivity contribution in [1.29, 1.82) is 0 Å². The van der Waals surface area contributed by atoms with Gasteiger partial charge in [0.15, 0.2) is 11.6 Å². The van der Waals surface area contributed by atoms with Crippen LogP contribution in [0.3, 0.4) is 0 Å². The average molecular weight is 215 g/mol. The predicted molar refractivity (Wildman–Crippen MR) is 49.6 cm³/mol. The fourth-order valence-electron chi connectivity index (χ4n) is 1.70. The zero-order valence-corrected chi connectivity index (χ0v) is 7.96. The molecular weight excluding hydrogens is 204 g/mol. The molecule has 1 aromatic carbocycles. The molecule has 1 aliphatic rings. The molecule has 82 valence electrons. The van der Waals surface area contributed by atoms with Gasteiger partial charge in [0, 0.05) is 17.5 Å². The summed E-state index contributed by atoms with van der Waals surface area (Å²) in [7, 11) is 0. The highest BCUT2D eigenvalue weighted by atomic mass is 19.1. The number of hydrogen-bond acceptors (Lipinski definition) is 3. The number of aliphatic hydroxyl groups excluding tert-OH is 1. The van der Waals surface area contributed by atoms with E-state index in [0.29, 0.717) is 18.6 Å². The Morgan fingerprint density at radius 1 is 1.53 bits per heavy atom. The predicted octanol–water partition coefficient (Wildman–Crippen LogP) is 0.892. The molecule has 0 bridgehead atoms. The fourth-order valence-corrected chi connectivity index (χ4v) is 1.70. The van der Waals surface area contributed by atoms with Crippen LogP contribution in [0.2, 0.25) is 0 Å². The van der Waals surface area contributed by atoms with Gasteiger partial charge >= 0.3 is 0 Å². The molecule has 0 spiro atoms. The first-order valence-corrected chi connectivity index (χ1v) is 4.65. The highest BCUT2D eigenvalue weighted by Crippen LogP contribution is 2.34. The summed E-state index contributed by atoms with van der Waals surface area (Å²) >= 11 is 0. The van der Waals surface area contributed by atoms with Gasteiger partial charge in [0.1, 0.15) is 5.82 Å². The van der Waals surface area contributed by atoms with Crippen molar-refractivity contribution >= 4 is 0 Å². The van der Waals surface area contributed by atoms with Crippen LogP contribution < -0.4 is 10.5 Å². The summed E-state index contributed by atoms with van der Waals surface area (Å²) < 4.78 is 32.2. The maximum atomic E-state index is 13.7. The second-order valence-electron chi connectivity index (χ2n) is 3.46. The van der Waals surface area contributed by atoms with Crippen molar-refractivity contribution in [1.82, 2.24) is 0 Å². The summed E-state index contributed by atoms with van der Waals surface area (Å²) in [5, 5.41) is 8.79. The Morgan fingerprint density at radius 2 is 2.27 bits per heavy atom. The summed E-state index contributed by atoms with van der Waals surface area (Å²) in [6, 6.07) is 0.162. The molecule has 3 N–H and O–H groups in total. The summed E-state index contributed by atoms with van der Waals surface area (Å²) in [5.41, 5.74) is 5.61. The molecule has 0 aliphatic carbocycles. The fraction of sp³-hybridized carbons (Fsp3) is 0.400. The van der Waals surface area contributed by atoms with Gasteiger partial charge in [0.2, 0.25) is 0 Å². The molecule has 0 amide bonds. The quantitative estimate of drug-likeness (QED) is 0.770. The second-order valence-corrected chi connectivity index (χ2v) is 3.46. The van der Waals surface area contributed by atoms with Crippen LogP contribution in [0.4, 0.5) is 8.78 Å². The number of benzene rings is 1. The molecule has 0 aromatic heterocycles. The molecule has 0 saturated carbocycles. The number of fused-ring (bicyclic) bond motifs is 1. The van der Waals surface area contributed by atoms with Gasteiger partial charge in [-0.3, -0.25) is 0 Å². The lowest BCUT2D eigenvalue weighted by atomic mass is 10.0. The van der Waals surface area contributed by atoms with Crippen LogP contribution in [0.25, 0.3) is 0 Å². The van der Waals surface area contributed by atoms with E-state index in [1.807, 2.05) is 0 Å². The van der Waals surface area contributed by atoms with E-state index in [1.54, 1.807) is 0 Å². The number of halogens is 2. The molecule has 5 heteroatoms. The Morgan fingerprint density at radius 3 is 2.93 bits per heavy atom. The molecule has 0 saturated heterocycles. The number of ether oxygens (including phenoxy) is 1. The summed E-state index contributed by atoms with van der Waals surface area (Å²) in [5.74, 6) is -1.45. The number of nitrogens with two attached hydrogens (primary N) is 1. The molecule has 2 rings (SSSR count). The van der Waals surface area contributed by atoms with Gasteiger partial charge < -0.3 is 15.6 Å². The van der Waals surface area contributed by atoms with Crippen molar-refractivity contribution in [3.63, 3.8) is 0 Å².